The molecular formula is C48H8F18N2O4. The van der Waals surface area contributed by atoms with Crippen LogP contribution in [0, 0.1) is 105 Å². The van der Waals surface area contributed by atoms with Gasteiger partial charge in [-0.3, -0.25) is 19.2 Å². The summed E-state index contributed by atoms with van der Waals surface area (Å²) in [5, 5.41) is -0.263. The molecule has 24 heteroatoms. The summed E-state index contributed by atoms with van der Waals surface area (Å²) in [6.07, 6.45) is 0. The average molecular weight is 1020 g/mol. The van der Waals surface area contributed by atoms with Crippen LogP contribution in [0.5, 0.6) is 0 Å². The molecule has 2 aliphatic heterocycles. The third-order valence-corrected chi connectivity index (χ3v) is 12.5. The van der Waals surface area contributed by atoms with Gasteiger partial charge >= 0.3 is 0 Å². The van der Waals surface area contributed by atoms with Gasteiger partial charge in [-0.2, -0.15) is 0 Å². The second-order valence-electron chi connectivity index (χ2n) is 15.9. The predicted molar refractivity (Wildman–Crippen MR) is 213 cm³/mol. The molecule has 0 N–H and O–H groups in total. The van der Waals surface area contributed by atoms with E-state index in [0.29, 0.717) is 0 Å². The van der Waals surface area contributed by atoms with Gasteiger partial charge < -0.3 is 0 Å². The van der Waals surface area contributed by atoms with E-state index in [0.717, 1.165) is 48.5 Å². The van der Waals surface area contributed by atoms with Crippen molar-refractivity contribution in [1.82, 2.24) is 0 Å². The van der Waals surface area contributed by atoms with Crippen LogP contribution in [-0.2, 0) is 0 Å². The molecule has 9 aromatic rings. The average Bonchev–Trinajstić information content (AvgIpc) is 3.36. The highest BCUT2D eigenvalue weighted by molar-refractivity contribution is 6.45. The Hall–Kier alpha value is -8.70. The Balaban J connectivity index is 1.05. The van der Waals surface area contributed by atoms with E-state index in [1.54, 1.807) is 0 Å². The summed E-state index contributed by atoms with van der Waals surface area (Å²) in [7, 11) is 0. The Morgan fingerprint density at radius 2 is 0.403 bits per heavy atom. The molecule has 2 heterocycles. The highest BCUT2D eigenvalue weighted by Gasteiger charge is 2.45. The van der Waals surface area contributed by atoms with Crippen molar-refractivity contribution in [3.8, 4) is 22.3 Å². The summed E-state index contributed by atoms with van der Waals surface area (Å²) < 4.78 is 268. The second-order valence-corrected chi connectivity index (χ2v) is 15.9. The molecule has 0 spiro atoms. The van der Waals surface area contributed by atoms with Crippen molar-refractivity contribution in [2.24, 2.45) is 0 Å². The molecule has 9 aromatic carbocycles. The number of rotatable bonds is 4. The third-order valence-electron chi connectivity index (χ3n) is 12.5. The molecule has 2 aliphatic rings. The Labute approximate surface area is 383 Å². The van der Waals surface area contributed by atoms with Gasteiger partial charge in [-0.1, -0.05) is 24.3 Å². The molecule has 0 atom stereocenters. The third kappa shape index (κ3) is 5.39. The quantitative estimate of drug-likeness (QED) is 0.0440. The molecule has 0 fully saturated rings. The van der Waals surface area contributed by atoms with Gasteiger partial charge in [-0.05, 0) is 56.6 Å². The van der Waals surface area contributed by atoms with Crippen molar-refractivity contribution in [1.29, 1.82) is 0 Å². The molecule has 11 rings (SSSR count). The molecule has 72 heavy (non-hydrogen) atoms. The van der Waals surface area contributed by atoms with Crippen LogP contribution >= 0.6 is 0 Å². The van der Waals surface area contributed by atoms with E-state index in [9.17, 15) is 63.1 Å². The van der Waals surface area contributed by atoms with Gasteiger partial charge in [-0.15, -0.1) is 0 Å². The van der Waals surface area contributed by atoms with Crippen LogP contribution < -0.4 is 9.80 Å². The minimum atomic E-state index is -2.84. The van der Waals surface area contributed by atoms with Gasteiger partial charge in [0.1, 0.15) is 11.4 Å². The normalized spacial score (nSPS) is 13.8. The maximum atomic E-state index is 15.9. The van der Waals surface area contributed by atoms with E-state index in [2.05, 4.69) is 0 Å². The first kappa shape index (κ1) is 45.7. The van der Waals surface area contributed by atoms with Crippen LogP contribution in [0.15, 0.2) is 48.5 Å². The molecule has 0 aromatic heterocycles. The highest BCUT2D eigenvalue weighted by atomic mass is 19.2. The van der Waals surface area contributed by atoms with Gasteiger partial charge in [0, 0.05) is 33.0 Å². The molecule has 4 amide bonds. The van der Waals surface area contributed by atoms with Gasteiger partial charge in [0.05, 0.1) is 22.3 Å². The summed E-state index contributed by atoms with van der Waals surface area (Å²) in [6.45, 7) is 0. The summed E-state index contributed by atoms with van der Waals surface area (Å²) in [4.78, 5) is 55.7. The minimum Gasteiger partial charge on any atom is -0.268 e. The first-order valence-electron chi connectivity index (χ1n) is 19.7. The Morgan fingerprint density at radius 3 is 0.611 bits per heavy atom. The molecule has 0 saturated heterocycles. The molecule has 0 bridgehead atoms. The molecule has 0 saturated carbocycles. The van der Waals surface area contributed by atoms with Crippen LogP contribution in [0.1, 0.15) is 41.4 Å². The lowest BCUT2D eigenvalue weighted by Crippen LogP contribution is -2.42. The minimum absolute atomic E-state index is 0.000859. The van der Waals surface area contributed by atoms with E-state index in [1.807, 2.05) is 0 Å². The number of anilines is 2. The summed E-state index contributed by atoms with van der Waals surface area (Å²) in [5.74, 6) is -56.9. The molecule has 6 nitrogen and oxygen atoms in total. The van der Waals surface area contributed by atoms with Crippen molar-refractivity contribution in [3.05, 3.63) is 175 Å². The number of imide groups is 2. The number of nitrogens with zero attached hydrogens (tertiary/aromatic N) is 2. The lowest BCUT2D eigenvalue weighted by molar-refractivity contribution is 0.0875. The Morgan fingerprint density at radius 1 is 0.222 bits per heavy atom. The van der Waals surface area contributed by atoms with Crippen LogP contribution in [0.25, 0.3) is 65.3 Å². The Bertz CT molecular complexity index is 3690. The fourth-order valence-corrected chi connectivity index (χ4v) is 9.39. The lowest BCUT2D eigenvalue weighted by Gasteiger charge is -2.30. The number of carbonyl (C=O) groups excluding carboxylic acids is 4. The Kier molecular flexibility index (Phi) is 9.47. The number of benzene rings is 9. The van der Waals surface area contributed by atoms with Gasteiger partial charge in [0.25, 0.3) is 23.6 Å². The number of hydrogen-bond acceptors (Lipinski definition) is 4. The second kappa shape index (κ2) is 14.9. The molecule has 0 aliphatic carbocycles. The highest BCUT2D eigenvalue weighted by Crippen LogP contribution is 2.50. The van der Waals surface area contributed by atoms with Gasteiger partial charge in [0.15, 0.2) is 93.1 Å². The molecule has 0 unspecified atom stereocenters. The summed E-state index contributed by atoms with van der Waals surface area (Å²) in [5.41, 5.74) is -16.3. The number of fused-ring (bicyclic) bond motifs is 2. The van der Waals surface area contributed by atoms with Crippen LogP contribution in [0.2, 0.25) is 0 Å². The van der Waals surface area contributed by atoms with Crippen LogP contribution in [-0.4, -0.2) is 23.6 Å². The van der Waals surface area contributed by atoms with Crippen molar-refractivity contribution in [2.45, 2.75) is 0 Å². The van der Waals surface area contributed by atoms with Crippen LogP contribution in [0.3, 0.4) is 0 Å². The van der Waals surface area contributed by atoms with E-state index >= 15 is 35.1 Å². The topological polar surface area (TPSA) is 74.8 Å². The number of amides is 4. The van der Waals surface area contributed by atoms with Gasteiger partial charge in [-0.25, -0.2) is 88.8 Å². The molecular weight excluding hydrogens is 1010 g/mol. The fourth-order valence-electron chi connectivity index (χ4n) is 9.39. The van der Waals surface area contributed by atoms with Crippen molar-refractivity contribution < 1.29 is 98.2 Å². The summed E-state index contributed by atoms with van der Waals surface area (Å²) >= 11 is 0. The first-order valence-corrected chi connectivity index (χ1v) is 19.7. The van der Waals surface area contributed by atoms with E-state index in [-0.39, 0.29) is 52.9 Å². The SMILES string of the molecule is O=C1c2ccc3c4ccc5c6c(ccc(c7ccc(c2c37)C(=O)N1c1c(F)c(F)c(-c2c(F)c(F)c(F)c(F)c2F)c(F)c1F)c64)C(=O)N(c1c(F)c(F)c(-c2c(F)c(F)c(F)c(F)c2F)c(F)c1F)C5=O. The smallest absolute Gasteiger partial charge is 0.266 e. The zero-order valence-corrected chi connectivity index (χ0v) is 33.9. The van der Waals surface area contributed by atoms with E-state index in [1.165, 1.54) is 0 Å². The van der Waals surface area contributed by atoms with Crippen LogP contribution in [0.4, 0.5) is 90.4 Å². The maximum absolute atomic E-state index is 15.9. The predicted octanol–water partition coefficient (Wildman–Crippen LogP) is 13.2. The van der Waals surface area contributed by atoms with E-state index in [4.69, 9.17) is 0 Å². The molecule has 0 radical (unpaired) electrons. The molecule has 360 valence electrons. The first-order chi connectivity index (χ1) is 34.0. The van der Waals surface area contributed by atoms with E-state index < -0.39 is 184 Å². The standard InChI is InChI=1S/C48H8F18N2O4/c49-25-21(26(50)34(58)37(61)33(25)57)23-29(53)39(63)43(40(64)30(23)54)67-45(69)13-5-1-9-10-2-6-15-20-16(8-4-12(18(10)20)11-3-7-14(46(67)70)19(13)17(9)11)48(72)68(47(15)71)44-41(65)31(55)24(32(56)42(44)66)22-27(51)35(59)38(62)36(60)28(22)52/h1-8H. The maximum Gasteiger partial charge on any atom is 0.266 e. The number of hydrogen-bond donors (Lipinski definition) is 0. The summed E-state index contributed by atoms with van der Waals surface area (Å²) in [6, 6.07) is 8.42. The number of halogens is 18. The van der Waals surface area contributed by atoms with Crippen molar-refractivity contribution >= 4 is 78.1 Å². The monoisotopic (exact) mass is 1020 g/mol. The largest absolute Gasteiger partial charge is 0.268 e. The van der Waals surface area contributed by atoms with Gasteiger partial charge in [0.2, 0.25) is 11.6 Å². The lowest BCUT2D eigenvalue weighted by atomic mass is 9.82. The fraction of sp³-hybridized carbons (Fsp3) is 0. The van der Waals surface area contributed by atoms with Crippen molar-refractivity contribution in [2.75, 3.05) is 9.80 Å². The zero-order chi connectivity index (χ0) is 51.9. The van der Waals surface area contributed by atoms with Crippen molar-refractivity contribution in [3.63, 3.8) is 0 Å². The number of carbonyl (C=O) groups is 4. The zero-order valence-electron chi connectivity index (χ0n) is 33.9.